The SMILES string of the molecule is CC(C)C[C@H](NC(=O)[C@H](CO)NC(=O)OC(C)(C)C)C(N)=O. The van der Waals surface area contributed by atoms with Crippen LogP contribution < -0.4 is 16.4 Å². The van der Waals surface area contributed by atoms with E-state index in [2.05, 4.69) is 10.6 Å². The van der Waals surface area contributed by atoms with Crippen LogP contribution in [0.15, 0.2) is 0 Å². The van der Waals surface area contributed by atoms with Gasteiger partial charge in [0.05, 0.1) is 6.61 Å². The summed E-state index contributed by atoms with van der Waals surface area (Å²) in [5, 5.41) is 13.9. The van der Waals surface area contributed by atoms with Crippen molar-refractivity contribution >= 4 is 17.9 Å². The number of aliphatic hydroxyl groups is 1. The number of hydrogen-bond donors (Lipinski definition) is 4. The molecule has 0 aliphatic rings. The molecule has 8 nitrogen and oxygen atoms in total. The molecule has 0 aliphatic carbocycles. The van der Waals surface area contributed by atoms with Crippen molar-refractivity contribution in [2.45, 2.75) is 58.7 Å². The van der Waals surface area contributed by atoms with Crippen molar-refractivity contribution in [1.29, 1.82) is 0 Å². The highest BCUT2D eigenvalue weighted by Crippen LogP contribution is 2.07. The van der Waals surface area contributed by atoms with Crippen molar-refractivity contribution < 1.29 is 24.2 Å². The number of ether oxygens (including phenoxy) is 1. The molecular weight excluding hydrogens is 290 g/mol. The fourth-order valence-corrected chi connectivity index (χ4v) is 1.63. The second-order valence-corrected chi connectivity index (χ2v) is 6.47. The van der Waals surface area contributed by atoms with Crippen LogP contribution in [0.4, 0.5) is 4.79 Å². The molecule has 128 valence electrons. The molecule has 0 saturated carbocycles. The third-order valence-corrected chi connectivity index (χ3v) is 2.56. The zero-order chi connectivity index (χ0) is 17.5. The maximum absolute atomic E-state index is 12.0. The number of nitrogens with one attached hydrogen (secondary N) is 2. The summed E-state index contributed by atoms with van der Waals surface area (Å²) in [7, 11) is 0. The summed E-state index contributed by atoms with van der Waals surface area (Å²) in [6, 6.07) is -2.08. The number of hydrogen-bond acceptors (Lipinski definition) is 5. The molecule has 8 heteroatoms. The number of carbonyl (C=O) groups excluding carboxylic acids is 3. The maximum Gasteiger partial charge on any atom is 0.408 e. The van der Waals surface area contributed by atoms with Gasteiger partial charge in [-0.15, -0.1) is 0 Å². The highest BCUT2D eigenvalue weighted by atomic mass is 16.6. The fraction of sp³-hybridized carbons (Fsp3) is 0.786. The van der Waals surface area contributed by atoms with Gasteiger partial charge in [0.2, 0.25) is 11.8 Å². The van der Waals surface area contributed by atoms with Gasteiger partial charge in [0.1, 0.15) is 17.7 Å². The van der Waals surface area contributed by atoms with E-state index in [0.29, 0.717) is 6.42 Å². The second-order valence-electron chi connectivity index (χ2n) is 6.47. The van der Waals surface area contributed by atoms with Crippen LogP contribution in [0.1, 0.15) is 41.0 Å². The normalized spacial score (nSPS) is 14.1. The largest absolute Gasteiger partial charge is 0.444 e. The lowest BCUT2D eigenvalue weighted by Crippen LogP contribution is -2.55. The Bertz CT molecular complexity index is 404. The third-order valence-electron chi connectivity index (χ3n) is 2.56. The van der Waals surface area contributed by atoms with Gasteiger partial charge in [-0.05, 0) is 33.1 Å². The van der Waals surface area contributed by atoms with Crippen molar-refractivity contribution in [1.82, 2.24) is 10.6 Å². The molecule has 0 spiro atoms. The van der Waals surface area contributed by atoms with Crippen LogP contribution >= 0.6 is 0 Å². The zero-order valence-electron chi connectivity index (χ0n) is 13.8. The summed E-state index contributed by atoms with van der Waals surface area (Å²) in [5.41, 5.74) is 4.50. The Balaban J connectivity index is 4.69. The van der Waals surface area contributed by atoms with E-state index in [0.717, 1.165) is 0 Å². The van der Waals surface area contributed by atoms with Crippen LogP contribution in [0.2, 0.25) is 0 Å². The Morgan fingerprint density at radius 3 is 2.05 bits per heavy atom. The summed E-state index contributed by atoms with van der Waals surface area (Å²) >= 11 is 0. The Kier molecular flexibility index (Phi) is 7.86. The Hall–Kier alpha value is -1.83. The molecule has 0 aromatic rings. The number of amides is 3. The predicted molar refractivity (Wildman–Crippen MR) is 80.8 cm³/mol. The number of rotatable bonds is 7. The fourth-order valence-electron chi connectivity index (χ4n) is 1.63. The van der Waals surface area contributed by atoms with Gasteiger partial charge >= 0.3 is 6.09 Å². The second kappa shape index (κ2) is 8.57. The van der Waals surface area contributed by atoms with E-state index in [1.54, 1.807) is 20.8 Å². The first-order valence-electron chi connectivity index (χ1n) is 7.16. The average Bonchev–Trinajstić information content (AvgIpc) is 2.31. The Morgan fingerprint density at radius 2 is 1.68 bits per heavy atom. The van der Waals surface area contributed by atoms with Gasteiger partial charge in [0.15, 0.2) is 0 Å². The molecule has 5 N–H and O–H groups in total. The molecule has 3 amide bonds. The minimum Gasteiger partial charge on any atom is -0.444 e. The number of primary amides is 1. The van der Waals surface area contributed by atoms with Gasteiger partial charge in [-0.2, -0.15) is 0 Å². The smallest absolute Gasteiger partial charge is 0.408 e. The maximum atomic E-state index is 12.0. The molecule has 0 heterocycles. The van der Waals surface area contributed by atoms with Crippen LogP contribution in [0.5, 0.6) is 0 Å². The highest BCUT2D eigenvalue weighted by molar-refractivity contribution is 5.90. The third kappa shape index (κ3) is 8.46. The van der Waals surface area contributed by atoms with E-state index < -0.39 is 42.2 Å². The van der Waals surface area contributed by atoms with Crippen molar-refractivity contribution in [2.24, 2.45) is 11.7 Å². The molecule has 0 radical (unpaired) electrons. The molecule has 0 aromatic heterocycles. The molecule has 0 fully saturated rings. The molecule has 0 aliphatic heterocycles. The minimum atomic E-state index is -1.22. The molecule has 2 atom stereocenters. The number of aliphatic hydroxyl groups excluding tert-OH is 1. The molecule has 22 heavy (non-hydrogen) atoms. The molecule has 0 unspecified atom stereocenters. The van der Waals surface area contributed by atoms with E-state index in [-0.39, 0.29) is 5.92 Å². The van der Waals surface area contributed by atoms with E-state index in [1.807, 2.05) is 13.8 Å². The van der Waals surface area contributed by atoms with Crippen LogP contribution in [0.25, 0.3) is 0 Å². The van der Waals surface area contributed by atoms with E-state index >= 15 is 0 Å². The van der Waals surface area contributed by atoms with E-state index in [1.165, 1.54) is 0 Å². The number of carbonyl (C=O) groups is 3. The topological polar surface area (TPSA) is 131 Å². The van der Waals surface area contributed by atoms with Gasteiger partial charge in [-0.25, -0.2) is 4.79 Å². The highest BCUT2D eigenvalue weighted by Gasteiger charge is 2.27. The Morgan fingerprint density at radius 1 is 1.14 bits per heavy atom. The summed E-state index contributed by atoms with van der Waals surface area (Å²) < 4.78 is 5.00. The zero-order valence-corrected chi connectivity index (χ0v) is 13.8. The van der Waals surface area contributed by atoms with Gasteiger partial charge in [0.25, 0.3) is 0 Å². The minimum absolute atomic E-state index is 0.143. The van der Waals surface area contributed by atoms with Crippen LogP contribution in [0, 0.1) is 5.92 Å². The average molecular weight is 317 g/mol. The number of nitrogens with two attached hydrogens (primary N) is 1. The van der Waals surface area contributed by atoms with Crippen LogP contribution in [-0.4, -0.2) is 47.3 Å². The summed E-state index contributed by atoms with van der Waals surface area (Å²) in [5.74, 6) is -1.22. The van der Waals surface area contributed by atoms with E-state index in [4.69, 9.17) is 10.5 Å². The quantitative estimate of drug-likeness (QED) is 0.520. The molecule has 0 saturated heterocycles. The lowest BCUT2D eigenvalue weighted by Gasteiger charge is -2.24. The van der Waals surface area contributed by atoms with Gasteiger partial charge in [0, 0.05) is 0 Å². The first kappa shape index (κ1) is 20.2. The molecular formula is C14H27N3O5. The summed E-state index contributed by atoms with van der Waals surface area (Å²) in [4.78, 5) is 35.0. The van der Waals surface area contributed by atoms with Crippen molar-refractivity contribution in [3.63, 3.8) is 0 Å². The van der Waals surface area contributed by atoms with Crippen molar-refractivity contribution in [3.05, 3.63) is 0 Å². The summed E-state index contributed by atoms with van der Waals surface area (Å²) in [6.07, 6.45) is -0.466. The predicted octanol–water partition coefficient (Wildman–Crippen LogP) is -0.112. The number of alkyl carbamates (subject to hydrolysis) is 1. The van der Waals surface area contributed by atoms with Gasteiger partial charge in [-0.3, -0.25) is 9.59 Å². The Labute approximate surface area is 130 Å². The molecule has 0 bridgehead atoms. The van der Waals surface area contributed by atoms with Gasteiger partial charge < -0.3 is 26.2 Å². The first-order chi connectivity index (χ1) is 9.96. The van der Waals surface area contributed by atoms with Crippen LogP contribution in [-0.2, 0) is 14.3 Å². The molecule has 0 aromatic carbocycles. The van der Waals surface area contributed by atoms with E-state index in [9.17, 15) is 19.5 Å². The van der Waals surface area contributed by atoms with Gasteiger partial charge in [-0.1, -0.05) is 13.8 Å². The lowest BCUT2D eigenvalue weighted by molar-refractivity contribution is -0.129. The van der Waals surface area contributed by atoms with Crippen molar-refractivity contribution in [2.75, 3.05) is 6.61 Å². The first-order valence-corrected chi connectivity index (χ1v) is 7.16. The standard InChI is InChI=1S/C14H27N3O5/c1-8(2)6-9(11(15)19)16-12(20)10(7-18)17-13(21)22-14(3,4)5/h8-10,18H,6-7H2,1-5H3,(H2,15,19)(H,16,20)(H,17,21)/t9-,10-/m0/s1. The molecule has 0 rings (SSSR count). The summed E-state index contributed by atoms with van der Waals surface area (Å²) in [6.45, 7) is 8.15. The lowest BCUT2D eigenvalue weighted by atomic mass is 10.0. The van der Waals surface area contributed by atoms with Crippen LogP contribution in [0.3, 0.4) is 0 Å². The van der Waals surface area contributed by atoms with Crippen molar-refractivity contribution in [3.8, 4) is 0 Å². The monoisotopic (exact) mass is 317 g/mol.